The first-order valence-corrected chi connectivity index (χ1v) is 16.0. The summed E-state index contributed by atoms with van der Waals surface area (Å²) < 4.78 is 103. The number of nitriles is 1. The molecule has 3 saturated heterocycles. The average Bonchev–Trinajstić information content (AvgIpc) is 3.65. The summed E-state index contributed by atoms with van der Waals surface area (Å²) in [6, 6.07) is 3.58. The van der Waals surface area contributed by atoms with E-state index in [0.29, 0.717) is 24.3 Å². The molecule has 0 saturated carbocycles. The molecule has 2 aromatic heterocycles. The molecule has 8 nitrogen and oxygen atoms in total. The topological polar surface area (TPSA) is 101 Å². The fraction of sp³-hybridized carbons (Fsp3) is 0.469. The third-order valence-electron chi connectivity index (χ3n) is 9.54. The third-order valence-corrected chi connectivity index (χ3v) is 10.6. The van der Waals surface area contributed by atoms with E-state index in [-0.39, 0.29) is 88.3 Å². The van der Waals surface area contributed by atoms with Gasteiger partial charge in [0.1, 0.15) is 41.0 Å². The summed E-state index contributed by atoms with van der Waals surface area (Å²) in [5.74, 6) is -2.12. The quantitative estimate of drug-likeness (QED) is 0.230. The maximum atomic E-state index is 17.0. The van der Waals surface area contributed by atoms with Gasteiger partial charge in [0, 0.05) is 29.3 Å². The Hall–Kier alpha value is -3.87. The van der Waals surface area contributed by atoms with E-state index in [1.54, 1.807) is 4.90 Å². The van der Waals surface area contributed by atoms with E-state index in [4.69, 9.17) is 15.2 Å². The van der Waals surface area contributed by atoms with E-state index >= 15 is 4.39 Å². The van der Waals surface area contributed by atoms with Crippen molar-refractivity contribution in [3.05, 3.63) is 41.0 Å². The second kappa shape index (κ2) is 11.4. The zero-order chi connectivity index (χ0) is 33.4. The molecular formula is C32H30F6N6O2S. The molecule has 2 aromatic carbocycles. The van der Waals surface area contributed by atoms with Gasteiger partial charge in [-0.1, -0.05) is 6.07 Å². The first-order valence-electron chi connectivity index (χ1n) is 15.2. The normalized spacial score (nSPS) is 25.1. The Morgan fingerprint density at radius 2 is 1.94 bits per heavy atom. The molecule has 0 bridgehead atoms. The molecule has 47 heavy (non-hydrogen) atoms. The van der Waals surface area contributed by atoms with Crippen molar-refractivity contribution in [1.82, 2.24) is 14.9 Å². The first-order chi connectivity index (χ1) is 22.3. The number of benzene rings is 2. The fourth-order valence-corrected chi connectivity index (χ4v) is 8.47. The maximum absolute atomic E-state index is 17.0. The number of hydrogen-bond acceptors (Lipinski definition) is 9. The Morgan fingerprint density at radius 1 is 1.19 bits per heavy atom. The summed E-state index contributed by atoms with van der Waals surface area (Å²) in [6.07, 6.45) is -4.32. The first kappa shape index (κ1) is 31.7. The molecule has 2 N–H and O–H groups in total. The van der Waals surface area contributed by atoms with Crippen molar-refractivity contribution < 1.29 is 35.8 Å². The number of morpholine rings is 1. The zero-order valence-electron chi connectivity index (χ0n) is 25.4. The third kappa shape index (κ3) is 5.12. The summed E-state index contributed by atoms with van der Waals surface area (Å²) >= 11 is 0.693. The summed E-state index contributed by atoms with van der Waals surface area (Å²) in [5, 5.41) is 9.26. The van der Waals surface area contributed by atoms with Crippen molar-refractivity contribution in [2.75, 3.05) is 43.5 Å². The second-order valence-corrected chi connectivity index (χ2v) is 13.6. The van der Waals surface area contributed by atoms with E-state index in [2.05, 4.69) is 9.97 Å². The van der Waals surface area contributed by atoms with Crippen LogP contribution >= 0.6 is 11.3 Å². The number of rotatable bonds is 5. The number of nitrogens with zero attached hydrogens (tertiary/aromatic N) is 5. The van der Waals surface area contributed by atoms with Gasteiger partial charge in [-0.15, -0.1) is 11.3 Å². The molecule has 0 radical (unpaired) electrons. The van der Waals surface area contributed by atoms with Crippen LogP contribution in [-0.4, -0.2) is 71.6 Å². The van der Waals surface area contributed by atoms with Crippen molar-refractivity contribution in [3.8, 4) is 23.2 Å². The van der Waals surface area contributed by atoms with Gasteiger partial charge in [-0.3, -0.25) is 4.90 Å². The SMILES string of the molecule is CC1COCC(C)N1c1nc(OCC23CCCN2CC(F)C3)nc2c(F)c(-c3ccc(F)c4sc(N)c(C#N)c34)c(C(F)(F)F)cc12. The van der Waals surface area contributed by atoms with Crippen LogP contribution in [-0.2, 0) is 10.9 Å². The number of anilines is 2. The van der Waals surface area contributed by atoms with Gasteiger partial charge in [-0.05, 0) is 50.9 Å². The molecule has 0 spiro atoms. The van der Waals surface area contributed by atoms with Crippen LogP contribution in [0.3, 0.4) is 0 Å². The van der Waals surface area contributed by atoms with Gasteiger partial charge >= 0.3 is 12.2 Å². The molecule has 0 aliphatic carbocycles. The van der Waals surface area contributed by atoms with Crippen LogP contribution in [0.25, 0.3) is 32.1 Å². The summed E-state index contributed by atoms with van der Waals surface area (Å²) in [4.78, 5) is 12.7. The molecule has 7 rings (SSSR count). The summed E-state index contributed by atoms with van der Waals surface area (Å²) in [7, 11) is 0. The number of fused-ring (bicyclic) bond motifs is 3. The van der Waals surface area contributed by atoms with Crippen LogP contribution < -0.4 is 15.4 Å². The smallest absolute Gasteiger partial charge is 0.417 e. The minimum atomic E-state index is -5.08. The molecule has 4 aromatic rings. The second-order valence-electron chi connectivity index (χ2n) is 12.6. The van der Waals surface area contributed by atoms with Crippen LogP contribution in [0.5, 0.6) is 6.01 Å². The van der Waals surface area contributed by atoms with Crippen LogP contribution in [0.4, 0.5) is 37.2 Å². The molecule has 248 valence electrons. The number of nitrogen functional groups attached to an aromatic ring is 1. The number of halogens is 6. The molecule has 3 fully saturated rings. The van der Waals surface area contributed by atoms with Gasteiger partial charge < -0.3 is 20.1 Å². The maximum Gasteiger partial charge on any atom is 0.417 e. The Kier molecular flexibility index (Phi) is 7.68. The minimum Gasteiger partial charge on any atom is -0.461 e. The highest BCUT2D eigenvalue weighted by Crippen LogP contribution is 2.48. The molecule has 4 atom stereocenters. The zero-order valence-corrected chi connectivity index (χ0v) is 26.2. The summed E-state index contributed by atoms with van der Waals surface area (Å²) in [5.41, 5.74) is 2.05. The number of thiophene rings is 1. The number of nitrogens with two attached hydrogens (primary N) is 1. The lowest BCUT2D eigenvalue weighted by molar-refractivity contribution is -0.137. The molecule has 15 heteroatoms. The Morgan fingerprint density at radius 3 is 2.64 bits per heavy atom. The minimum absolute atomic E-state index is 0.0139. The monoisotopic (exact) mass is 676 g/mol. The Balaban J connectivity index is 1.48. The molecule has 0 amide bonds. The van der Waals surface area contributed by atoms with Gasteiger partial charge in [-0.2, -0.15) is 28.4 Å². The van der Waals surface area contributed by atoms with E-state index in [1.807, 2.05) is 24.8 Å². The van der Waals surface area contributed by atoms with Crippen LogP contribution in [0.15, 0.2) is 18.2 Å². The van der Waals surface area contributed by atoms with E-state index in [0.717, 1.165) is 24.6 Å². The largest absolute Gasteiger partial charge is 0.461 e. The number of hydrogen-bond donors (Lipinski definition) is 1. The highest BCUT2D eigenvalue weighted by Gasteiger charge is 2.49. The van der Waals surface area contributed by atoms with Crippen LogP contribution in [0.2, 0.25) is 0 Å². The lowest BCUT2D eigenvalue weighted by Gasteiger charge is -2.40. The van der Waals surface area contributed by atoms with E-state index in [9.17, 15) is 27.2 Å². The lowest BCUT2D eigenvalue weighted by atomic mass is 9.92. The molecule has 4 unspecified atom stereocenters. The van der Waals surface area contributed by atoms with Crippen molar-refractivity contribution in [1.29, 1.82) is 5.26 Å². The fourth-order valence-electron chi connectivity index (χ4n) is 7.52. The number of aromatic nitrogens is 2. The van der Waals surface area contributed by atoms with Crippen LogP contribution in [0, 0.1) is 23.0 Å². The number of ether oxygens (including phenoxy) is 2. The number of alkyl halides is 4. The standard InChI is InChI=1S/C32H30F6N6O2S/c1-15-12-45-13-16(2)44(15)29-19-8-21(32(36,37)38)24(18-4-5-22(34)27-23(18)20(10-39)28(40)47-27)25(35)26(19)41-30(42-29)46-14-31-6-3-7-43(31)11-17(33)9-31/h4-5,8,15-17H,3,6-7,9,11-14,40H2,1-2H3. The van der Waals surface area contributed by atoms with Crippen LogP contribution in [0.1, 0.15) is 44.2 Å². The predicted molar refractivity (Wildman–Crippen MR) is 165 cm³/mol. The highest BCUT2D eigenvalue weighted by atomic mass is 32.1. The van der Waals surface area contributed by atoms with Gasteiger partial charge in [0.2, 0.25) is 0 Å². The Labute approximate surface area is 269 Å². The molecule has 3 aliphatic heterocycles. The average molecular weight is 677 g/mol. The summed E-state index contributed by atoms with van der Waals surface area (Å²) in [6.45, 7) is 5.12. The Bertz CT molecular complexity index is 1940. The van der Waals surface area contributed by atoms with Gasteiger partial charge in [-0.25, -0.2) is 13.2 Å². The predicted octanol–water partition coefficient (Wildman–Crippen LogP) is 6.83. The molecular weight excluding hydrogens is 646 g/mol. The lowest BCUT2D eigenvalue weighted by Crippen LogP contribution is -2.50. The van der Waals surface area contributed by atoms with Crippen molar-refractivity contribution >= 4 is 43.1 Å². The molecule has 5 heterocycles. The van der Waals surface area contributed by atoms with Gasteiger partial charge in [0.05, 0.1) is 46.7 Å². The van der Waals surface area contributed by atoms with Crippen molar-refractivity contribution in [2.45, 2.75) is 63.1 Å². The highest BCUT2D eigenvalue weighted by molar-refractivity contribution is 7.23. The van der Waals surface area contributed by atoms with Gasteiger partial charge in [0.25, 0.3) is 0 Å². The van der Waals surface area contributed by atoms with Gasteiger partial charge in [0.15, 0.2) is 5.82 Å². The van der Waals surface area contributed by atoms with E-state index in [1.165, 1.54) is 0 Å². The van der Waals surface area contributed by atoms with E-state index < -0.39 is 46.2 Å². The van der Waals surface area contributed by atoms with Crippen molar-refractivity contribution in [2.24, 2.45) is 0 Å². The van der Waals surface area contributed by atoms with Crippen molar-refractivity contribution in [3.63, 3.8) is 0 Å². The molecule has 3 aliphatic rings.